The number of ketones is 2. The second-order valence-corrected chi connectivity index (χ2v) is 16.4. The molecule has 11 nitrogen and oxygen atoms in total. The highest BCUT2D eigenvalue weighted by Gasteiger charge is 2.61. The normalized spacial score (nSPS) is 31.8. The van der Waals surface area contributed by atoms with Crippen molar-refractivity contribution in [2.75, 3.05) is 26.1 Å². The van der Waals surface area contributed by atoms with Gasteiger partial charge in [-0.2, -0.15) is 0 Å². The zero-order chi connectivity index (χ0) is 32.2. The van der Waals surface area contributed by atoms with E-state index in [0.29, 0.717) is 50.4 Å². The minimum Gasteiger partial charge on any atom is -0.454 e. The number of nitrogens with zero attached hydrogens (tertiary/aromatic N) is 2. The molecule has 2 amide bonds. The number of amides is 2. The van der Waals surface area contributed by atoms with Crippen molar-refractivity contribution in [3.05, 3.63) is 35.4 Å². The Kier molecular flexibility index (Phi) is 8.13. The van der Waals surface area contributed by atoms with E-state index in [1.165, 1.54) is 0 Å². The maximum Gasteiger partial charge on any atom is 0.410 e. The molecule has 3 aliphatic carbocycles. The van der Waals surface area contributed by atoms with Gasteiger partial charge in [-0.25, -0.2) is 13.2 Å². The van der Waals surface area contributed by atoms with E-state index in [1.54, 1.807) is 16.8 Å². The van der Waals surface area contributed by atoms with Gasteiger partial charge in [0.25, 0.3) is 0 Å². The fraction of sp³-hybridized carbons (Fsp3) is 0.647. The SMILES string of the molecule is CN1CCCCC/C=C\[C@@H]2C[C@@]2(C(=O)CS(=O)(=O)C2CC2)CC(=O)[C@@H]2C[C@@H](OC(=O)N3Cc4cc5c(cc4C3)OCO5)CC2C1=O. The lowest BCUT2D eigenvalue weighted by atomic mass is 9.82. The van der Waals surface area contributed by atoms with Gasteiger partial charge in [0.15, 0.2) is 27.1 Å². The topological polar surface area (TPSA) is 137 Å². The van der Waals surface area contributed by atoms with E-state index in [0.717, 1.165) is 36.8 Å². The molecule has 1 aromatic carbocycles. The van der Waals surface area contributed by atoms with Crippen molar-refractivity contribution < 1.29 is 41.8 Å². The van der Waals surface area contributed by atoms with E-state index in [2.05, 4.69) is 0 Å². The third kappa shape index (κ3) is 6.04. The van der Waals surface area contributed by atoms with Gasteiger partial charge in [-0.1, -0.05) is 18.6 Å². The molecule has 248 valence electrons. The summed E-state index contributed by atoms with van der Waals surface area (Å²) in [4.78, 5) is 58.1. The Morgan fingerprint density at radius 2 is 1.70 bits per heavy atom. The van der Waals surface area contributed by atoms with Crippen LogP contribution in [-0.2, 0) is 42.0 Å². The molecule has 1 unspecified atom stereocenters. The molecule has 3 heterocycles. The molecule has 3 fully saturated rings. The summed E-state index contributed by atoms with van der Waals surface area (Å²) in [6.07, 6.45) is 8.34. The van der Waals surface area contributed by atoms with E-state index in [1.807, 2.05) is 24.3 Å². The number of sulfone groups is 1. The van der Waals surface area contributed by atoms with Gasteiger partial charge in [0.2, 0.25) is 12.7 Å². The second-order valence-electron chi connectivity index (χ2n) is 14.1. The van der Waals surface area contributed by atoms with Crippen molar-refractivity contribution in [1.82, 2.24) is 9.80 Å². The van der Waals surface area contributed by atoms with Crippen LogP contribution in [0.1, 0.15) is 75.3 Å². The van der Waals surface area contributed by atoms with Gasteiger partial charge in [-0.15, -0.1) is 0 Å². The van der Waals surface area contributed by atoms with Crippen LogP contribution in [0.15, 0.2) is 24.3 Å². The van der Waals surface area contributed by atoms with Crippen LogP contribution in [0.4, 0.5) is 4.79 Å². The quantitative estimate of drug-likeness (QED) is 0.432. The number of allylic oxidation sites excluding steroid dienone is 2. The summed E-state index contributed by atoms with van der Waals surface area (Å²) in [5, 5.41) is -0.452. The zero-order valence-electron chi connectivity index (χ0n) is 26.3. The van der Waals surface area contributed by atoms with Gasteiger partial charge in [-0.05, 0) is 80.5 Å². The highest BCUT2D eigenvalue weighted by Crippen LogP contribution is 2.58. The van der Waals surface area contributed by atoms with Crippen molar-refractivity contribution in [2.45, 2.75) is 88.7 Å². The maximum absolute atomic E-state index is 14.1. The lowest BCUT2D eigenvalue weighted by Crippen LogP contribution is -2.38. The number of ether oxygens (including phenoxy) is 3. The van der Waals surface area contributed by atoms with Gasteiger partial charge in [0.05, 0.1) is 11.2 Å². The van der Waals surface area contributed by atoms with Crippen LogP contribution < -0.4 is 9.47 Å². The number of benzene rings is 1. The lowest BCUT2D eigenvalue weighted by Gasteiger charge is -2.25. The van der Waals surface area contributed by atoms with Gasteiger partial charge >= 0.3 is 6.09 Å². The highest BCUT2D eigenvalue weighted by atomic mass is 32.2. The minimum atomic E-state index is -3.54. The van der Waals surface area contributed by atoms with Crippen molar-refractivity contribution in [1.29, 1.82) is 0 Å². The van der Waals surface area contributed by atoms with Crippen LogP contribution in [0.25, 0.3) is 0 Å². The molecule has 3 saturated carbocycles. The average Bonchev–Trinajstić information content (AvgIpc) is 3.83. The fourth-order valence-electron chi connectivity index (χ4n) is 7.81. The van der Waals surface area contributed by atoms with Crippen LogP contribution in [0.3, 0.4) is 0 Å². The molecule has 3 aliphatic heterocycles. The summed E-state index contributed by atoms with van der Waals surface area (Å²) < 4.78 is 42.5. The van der Waals surface area contributed by atoms with Crippen LogP contribution in [0.5, 0.6) is 11.5 Å². The maximum atomic E-state index is 14.1. The molecule has 6 aliphatic rings. The van der Waals surface area contributed by atoms with E-state index in [9.17, 15) is 27.6 Å². The number of carbonyl (C=O) groups excluding carboxylic acids is 4. The predicted molar refractivity (Wildman–Crippen MR) is 166 cm³/mol. The summed E-state index contributed by atoms with van der Waals surface area (Å²) >= 11 is 0. The monoisotopic (exact) mass is 654 g/mol. The first kappa shape index (κ1) is 31.2. The molecule has 0 spiro atoms. The number of hydrogen-bond acceptors (Lipinski definition) is 9. The zero-order valence-corrected chi connectivity index (χ0v) is 27.1. The van der Waals surface area contributed by atoms with Crippen molar-refractivity contribution in [2.24, 2.45) is 23.2 Å². The highest BCUT2D eigenvalue weighted by molar-refractivity contribution is 7.93. The van der Waals surface area contributed by atoms with Crippen LogP contribution in [0.2, 0.25) is 0 Å². The van der Waals surface area contributed by atoms with Crippen molar-refractivity contribution in [3.8, 4) is 11.5 Å². The molecule has 0 N–H and O–H groups in total. The third-order valence-corrected chi connectivity index (χ3v) is 13.0. The summed E-state index contributed by atoms with van der Waals surface area (Å²) in [7, 11) is -1.79. The largest absolute Gasteiger partial charge is 0.454 e. The van der Waals surface area contributed by atoms with E-state index < -0.39 is 50.3 Å². The molecular weight excluding hydrogens is 612 g/mol. The van der Waals surface area contributed by atoms with Gasteiger partial charge < -0.3 is 19.1 Å². The van der Waals surface area contributed by atoms with Crippen LogP contribution in [0, 0.1) is 23.2 Å². The molecule has 1 aromatic rings. The van der Waals surface area contributed by atoms with E-state index in [-0.39, 0.29) is 49.4 Å². The Bertz CT molecular complexity index is 1550. The van der Waals surface area contributed by atoms with Gasteiger partial charge in [0, 0.05) is 44.4 Å². The predicted octanol–water partition coefficient (Wildman–Crippen LogP) is 3.96. The van der Waals surface area contributed by atoms with E-state index >= 15 is 0 Å². The molecule has 46 heavy (non-hydrogen) atoms. The molecule has 5 atom stereocenters. The molecule has 0 saturated heterocycles. The molecule has 0 aromatic heterocycles. The number of carbonyl (C=O) groups is 4. The van der Waals surface area contributed by atoms with Crippen LogP contribution in [-0.4, -0.2) is 79.3 Å². The fourth-order valence-corrected chi connectivity index (χ4v) is 9.56. The number of rotatable bonds is 5. The first-order valence-corrected chi connectivity index (χ1v) is 18.3. The third-order valence-electron chi connectivity index (χ3n) is 10.8. The second kappa shape index (κ2) is 12.0. The smallest absolute Gasteiger partial charge is 0.410 e. The summed E-state index contributed by atoms with van der Waals surface area (Å²) in [5.41, 5.74) is 0.851. The summed E-state index contributed by atoms with van der Waals surface area (Å²) in [6, 6.07) is 3.76. The van der Waals surface area contributed by atoms with Crippen molar-refractivity contribution in [3.63, 3.8) is 0 Å². The average molecular weight is 655 g/mol. The van der Waals surface area contributed by atoms with Crippen LogP contribution >= 0.6 is 0 Å². The Labute approximate surface area is 269 Å². The van der Waals surface area contributed by atoms with Gasteiger partial charge in [0.1, 0.15) is 17.6 Å². The molecular formula is C34H42N2O9S. The van der Waals surface area contributed by atoms with E-state index in [4.69, 9.17) is 14.2 Å². The minimum absolute atomic E-state index is 0.101. The lowest BCUT2D eigenvalue weighted by molar-refractivity contribution is -0.140. The summed E-state index contributed by atoms with van der Waals surface area (Å²) in [5.74, 6) is -1.59. The Balaban J connectivity index is 1.08. The Morgan fingerprint density at radius 3 is 2.39 bits per heavy atom. The molecule has 7 rings (SSSR count). The molecule has 12 heteroatoms. The number of fused-ring (bicyclic) bond motifs is 4. The van der Waals surface area contributed by atoms with Crippen molar-refractivity contribution >= 4 is 33.4 Å². The Morgan fingerprint density at radius 1 is 1.00 bits per heavy atom. The first-order valence-electron chi connectivity index (χ1n) is 16.6. The number of Topliss-reactive ketones (excluding diaryl/α,β-unsaturated/α-hetero) is 2. The standard InChI is InChI=1S/C34H42N2O9S/c1-35-10-6-4-2-3-5-7-23-15-34(23,31(38)19-46(41,42)25-8-9-25)16-28(37)26-13-24(14-27(26)32(35)39)45-33(40)36-17-21-11-29-30(44-20-43-29)12-22(21)18-36/h5,7,11-12,23-27H,2-4,6,8-10,13-20H2,1H3/b7-5-/t23-,24-,26-,27?,34-/m1/s1. The number of hydrogen-bond donors (Lipinski definition) is 0. The molecule has 0 bridgehead atoms. The molecule has 0 radical (unpaired) electrons. The van der Waals surface area contributed by atoms with Gasteiger partial charge in [-0.3, -0.25) is 19.3 Å². The summed E-state index contributed by atoms with van der Waals surface area (Å²) in [6.45, 7) is 1.45. The first-order chi connectivity index (χ1) is 22.0. The Hall–Kier alpha value is -3.41.